The molecule has 2 aliphatic heterocycles. The third-order valence-electron chi connectivity index (χ3n) is 11.3. The number of benzene rings is 4. The number of carbonyl (C=O) groups is 4. The molecule has 2 aliphatic carbocycles. The molecule has 0 aromatic heterocycles. The molecule has 2 heterocycles. The van der Waals surface area contributed by atoms with Crippen LogP contribution in [0.4, 0.5) is 11.4 Å². The summed E-state index contributed by atoms with van der Waals surface area (Å²) in [6.07, 6.45) is 2.25. The van der Waals surface area contributed by atoms with Crippen LogP contribution in [0.15, 0.2) is 90.5 Å². The van der Waals surface area contributed by atoms with Gasteiger partial charge in [-0.05, 0) is 119 Å². The van der Waals surface area contributed by atoms with Crippen LogP contribution < -0.4 is 19.8 Å². The molecule has 276 valence electrons. The highest BCUT2D eigenvalue weighted by Gasteiger charge is 2.70. The maximum atomic E-state index is 15.5. The minimum absolute atomic E-state index is 0.0288. The highest BCUT2D eigenvalue weighted by molar-refractivity contribution is 14.1. The Bertz CT molecular complexity index is 2290. The number of amides is 4. The van der Waals surface area contributed by atoms with Crippen LogP contribution in [0, 0.1) is 27.2 Å². The number of ether oxygens (including phenoxy) is 2. The van der Waals surface area contributed by atoms with Gasteiger partial charge in [-0.1, -0.05) is 58.6 Å². The number of carbonyl (C=O) groups excluding carboxylic acids is 4. The average Bonchev–Trinajstić information content (AvgIpc) is 3.54. The maximum absolute atomic E-state index is 15.5. The number of phenols is 1. The Balaban J connectivity index is 1.35. The van der Waals surface area contributed by atoms with Crippen molar-refractivity contribution in [3.63, 3.8) is 0 Å². The van der Waals surface area contributed by atoms with E-state index in [0.717, 1.165) is 8.58 Å². The molecule has 4 aromatic rings. The van der Waals surface area contributed by atoms with E-state index < -0.39 is 46.8 Å². The molecule has 8 rings (SSSR count). The van der Waals surface area contributed by atoms with Gasteiger partial charge in [0.05, 0.1) is 58.8 Å². The lowest BCUT2D eigenvalue weighted by Gasteiger charge is -2.50. The van der Waals surface area contributed by atoms with Gasteiger partial charge in [0, 0.05) is 14.5 Å². The highest BCUT2D eigenvalue weighted by atomic mass is 127. The van der Waals surface area contributed by atoms with Crippen molar-refractivity contribution in [1.29, 1.82) is 0 Å². The third kappa shape index (κ3) is 5.49. The molecule has 14 heteroatoms. The van der Waals surface area contributed by atoms with E-state index in [-0.39, 0.29) is 51.9 Å². The van der Waals surface area contributed by atoms with Gasteiger partial charge in [0.2, 0.25) is 11.8 Å². The molecular formula is C40H31Cl3IN3O7. The number of hydrogen-bond acceptors (Lipinski definition) is 8. The van der Waals surface area contributed by atoms with Gasteiger partial charge in [-0.3, -0.25) is 29.5 Å². The summed E-state index contributed by atoms with van der Waals surface area (Å²) in [5, 5.41) is 12.3. The van der Waals surface area contributed by atoms with E-state index >= 15 is 4.79 Å². The number of imide groups is 2. The molecular weight excluding hydrogens is 868 g/mol. The molecule has 10 nitrogen and oxygen atoms in total. The van der Waals surface area contributed by atoms with Crippen molar-refractivity contribution in [2.45, 2.75) is 24.2 Å². The summed E-state index contributed by atoms with van der Waals surface area (Å²) >= 11 is 21.5. The lowest BCUT2D eigenvalue weighted by atomic mass is 9.49. The van der Waals surface area contributed by atoms with Crippen molar-refractivity contribution in [3.05, 3.63) is 120 Å². The molecule has 0 bridgehead atoms. The van der Waals surface area contributed by atoms with Crippen LogP contribution in [0.5, 0.6) is 17.2 Å². The molecule has 4 aliphatic rings. The number of phenolic OH excluding ortho intramolecular Hbond substituents is 1. The second-order valence-electron chi connectivity index (χ2n) is 13.8. The minimum Gasteiger partial charge on any atom is -0.503 e. The number of allylic oxidation sites excluding steroid dienone is 2. The van der Waals surface area contributed by atoms with Gasteiger partial charge < -0.3 is 14.6 Å². The van der Waals surface area contributed by atoms with Gasteiger partial charge in [-0.15, -0.1) is 0 Å². The Hall–Kier alpha value is -4.30. The predicted molar refractivity (Wildman–Crippen MR) is 212 cm³/mol. The number of hydrazine groups is 1. The largest absolute Gasteiger partial charge is 0.503 e. The summed E-state index contributed by atoms with van der Waals surface area (Å²) in [6, 6.07) is 22.0. The minimum atomic E-state index is -1.61. The number of aromatic hydroxyl groups is 1. The molecule has 54 heavy (non-hydrogen) atoms. The Kier molecular flexibility index (Phi) is 9.35. The second kappa shape index (κ2) is 13.8. The molecule has 6 atom stereocenters. The van der Waals surface area contributed by atoms with E-state index in [0.29, 0.717) is 33.2 Å². The number of methoxy groups -OCH3 is 2. The van der Waals surface area contributed by atoms with Crippen LogP contribution in [-0.4, -0.2) is 48.0 Å². The molecule has 3 fully saturated rings. The molecule has 0 spiro atoms. The van der Waals surface area contributed by atoms with Gasteiger partial charge >= 0.3 is 0 Å². The molecule has 4 aromatic carbocycles. The molecule has 2 saturated heterocycles. The third-order valence-corrected chi connectivity index (χ3v) is 12.8. The van der Waals surface area contributed by atoms with Gasteiger partial charge in [0.1, 0.15) is 5.75 Å². The van der Waals surface area contributed by atoms with Crippen molar-refractivity contribution >= 4 is 92.4 Å². The van der Waals surface area contributed by atoms with Crippen molar-refractivity contribution in [1.82, 2.24) is 5.01 Å². The van der Waals surface area contributed by atoms with Crippen molar-refractivity contribution in [2.24, 2.45) is 23.7 Å². The highest BCUT2D eigenvalue weighted by Crippen LogP contribution is 2.65. The average molecular weight is 899 g/mol. The Morgan fingerprint density at radius 2 is 1.56 bits per heavy atom. The van der Waals surface area contributed by atoms with Crippen LogP contribution in [-0.2, 0) is 24.6 Å². The first kappa shape index (κ1) is 36.7. The first-order chi connectivity index (χ1) is 25.9. The zero-order valence-corrected chi connectivity index (χ0v) is 33.1. The zero-order valence-electron chi connectivity index (χ0n) is 28.7. The number of hydrogen-bond donors (Lipinski definition) is 2. The van der Waals surface area contributed by atoms with Crippen LogP contribution in [0.3, 0.4) is 0 Å². The van der Waals surface area contributed by atoms with Gasteiger partial charge in [0.25, 0.3) is 11.8 Å². The summed E-state index contributed by atoms with van der Waals surface area (Å²) in [4.78, 5) is 60.3. The van der Waals surface area contributed by atoms with Gasteiger partial charge in [-0.2, -0.15) is 5.01 Å². The lowest BCUT2D eigenvalue weighted by molar-refractivity contribution is -0.138. The smallest absolute Gasteiger partial charge is 0.260 e. The van der Waals surface area contributed by atoms with Gasteiger partial charge in [-0.25, -0.2) is 0 Å². The Morgan fingerprint density at radius 1 is 0.833 bits per heavy atom. The summed E-state index contributed by atoms with van der Waals surface area (Å²) < 4.78 is 12.0. The fourth-order valence-corrected chi connectivity index (χ4v) is 10.0. The number of nitrogens with zero attached hydrogens (tertiary/aromatic N) is 2. The zero-order chi connectivity index (χ0) is 38.2. The number of nitrogens with one attached hydrogen (secondary N) is 1. The van der Waals surface area contributed by atoms with Crippen molar-refractivity contribution in [2.75, 3.05) is 24.5 Å². The quantitative estimate of drug-likeness (QED) is 0.108. The number of rotatable bonds is 7. The van der Waals surface area contributed by atoms with E-state index in [4.69, 9.17) is 44.3 Å². The summed E-state index contributed by atoms with van der Waals surface area (Å²) in [6.45, 7) is 0. The van der Waals surface area contributed by atoms with Crippen molar-refractivity contribution in [3.8, 4) is 17.2 Å². The topological polar surface area (TPSA) is 125 Å². The van der Waals surface area contributed by atoms with Crippen LogP contribution in [0.2, 0.25) is 15.1 Å². The summed E-state index contributed by atoms with van der Waals surface area (Å²) in [5.41, 5.74) is 3.82. The maximum Gasteiger partial charge on any atom is 0.260 e. The van der Waals surface area contributed by atoms with Crippen LogP contribution >= 0.6 is 57.4 Å². The fourth-order valence-electron chi connectivity index (χ4n) is 8.98. The fraction of sp³-hybridized carbons (Fsp3) is 0.250. The van der Waals surface area contributed by atoms with Gasteiger partial charge in [0.15, 0.2) is 11.5 Å². The van der Waals surface area contributed by atoms with E-state index in [1.807, 2.05) is 18.2 Å². The van der Waals surface area contributed by atoms with Crippen molar-refractivity contribution < 1.29 is 33.8 Å². The van der Waals surface area contributed by atoms with E-state index in [2.05, 4.69) is 28.0 Å². The summed E-state index contributed by atoms with van der Waals surface area (Å²) in [5.74, 6) is -5.54. The van der Waals surface area contributed by atoms with E-state index in [1.165, 1.54) is 25.2 Å². The number of anilines is 2. The lowest BCUT2D eigenvalue weighted by Crippen LogP contribution is -2.53. The normalized spacial score (nSPS) is 26.0. The second-order valence-corrected chi connectivity index (χ2v) is 16.3. The molecule has 0 radical (unpaired) electrons. The summed E-state index contributed by atoms with van der Waals surface area (Å²) in [7, 11) is 2.92. The first-order valence-corrected chi connectivity index (χ1v) is 19.3. The standard InChI is InChI=1S/C40H31Cl3IN3O7/c1-53-24-10-3-20(4-11-24)40-28(37(50)47(39(40)52)45-31-14-5-21(41)17-29(31)42)18-27-25(34(40)19-15-30(43)35(48)32(16-19)54-2)12-13-26-33(27)38(51)46(36(26)49)23-8-6-22(44)7-9-23/h3-12,14-17,26-28,33-34,45,48H,13,18H2,1-2H3. The predicted octanol–water partition coefficient (Wildman–Crippen LogP) is 8.16. The van der Waals surface area contributed by atoms with Crippen LogP contribution in [0.1, 0.15) is 29.9 Å². The van der Waals surface area contributed by atoms with Crippen LogP contribution in [0.25, 0.3) is 0 Å². The van der Waals surface area contributed by atoms with E-state index in [1.54, 1.807) is 60.7 Å². The molecule has 1 saturated carbocycles. The van der Waals surface area contributed by atoms with E-state index in [9.17, 15) is 19.5 Å². The molecule has 2 N–H and O–H groups in total. The number of fused-ring (bicyclic) bond motifs is 4. The SMILES string of the molecule is COc1ccc(C23C(=O)N(Nc4ccc(Cl)cc4Cl)C(=O)C2CC2C(=CCC4C(=O)N(c5ccc(I)cc5)C(=O)C42)C3c2cc(Cl)c(O)c(OC)c2)cc1. The Labute approximate surface area is 339 Å². The molecule has 6 unspecified atom stereocenters. The number of halogens is 4. The monoisotopic (exact) mass is 897 g/mol. The Morgan fingerprint density at radius 3 is 2.22 bits per heavy atom. The molecule has 4 amide bonds. The first-order valence-electron chi connectivity index (χ1n) is 17.0.